The highest BCUT2D eigenvalue weighted by Crippen LogP contribution is 2.34. The molecule has 0 spiro atoms. The zero-order valence-corrected chi connectivity index (χ0v) is 19.6. The van der Waals surface area contributed by atoms with Crippen molar-refractivity contribution in [2.24, 2.45) is 5.10 Å². The van der Waals surface area contributed by atoms with Crippen molar-refractivity contribution < 1.29 is 4.79 Å². The number of aromatic nitrogens is 1. The van der Waals surface area contributed by atoms with Gasteiger partial charge in [0, 0.05) is 29.0 Å². The molecule has 0 aliphatic heterocycles. The molecule has 0 unspecified atom stereocenters. The summed E-state index contributed by atoms with van der Waals surface area (Å²) in [5.74, 6) is 0.227. The van der Waals surface area contributed by atoms with Crippen LogP contribution in [0.25, 0.3) is 11.1 Å². The molecule has 0 radical (unpaired) electrons. The molecule has 0 atom stereocenters. The van der Waals surface area contributed by atoms with Crippen LogP contribution in [-0.4, -0.2) is 16.6 Å². The molecular formula is C30H27N3O. The van der Waals surface area contributed by atoms with Crippen LogP contribution in [0, 0.1) is 13.8 Å². The zero-order chi connectivity index (χ0) is 23.9. The van der Waals surface area contributed by atoms with Crippen LogP contribution in [0.5, 0.6) is 0 Å². The fraction of sp³-hybridized carbons (Fsp3) is 0.100. The lowest BCUT2D eigenvalue weighted by Gasteiger charge is -2.21. The Morgan fingerprint density at radius 2 is 1.38 bits per heavy atom. The molecule has 0 fully saturated rings. The summed E-state index contributed by atoms with van der Waals surface area (Å²) in [5, 5.41) is 6.35. The Labute approximate surface area is 200 Å². The van der Waals surface area contributed by atoms with Gasteiger partial charge in [-0.1, -0.05) is 84.9 Å². The van der Waals surface area contributed by atoms with Gasteiger partial charge in [-0.3, -0.25) is 4.79 Å². The van der Waals surface area contributed by atoms with Gasteiger partial charge in [-0.15, -0.1) is 0 Å². The number of carbonyl (C=O) groups excluding carboxylic acids is 1. The molecule has 4 heteroatoms. The highest BCUT2D eigenvalue weighted by atomic mass is 16.2. The second-order valence-electron chi connectivity index (χ2n) is 7.97. The lowest BCUT2D eigenvalue weighted by atomic mass is 9.96. The van der Waals surface area contributed by atoms with Gasteiger partial charge in [-0.25, -0.2) is 4.98 Å². The molecule has 0 N–H and O–H groups in total. The standard InChI is InChI=1S/C30H27N3O/c1-4-13-27(34)33(30-26(20-12-21-31-30)28-22(2)14-11-15-23(28)3)32-29(24-16-7-5-8-17-24)25-18-9-6-10-19-25/h4-21H,1-3H3/b13-4+. The third kappa shape index (κ3) is 4.86. The fourth-order valence-electron chi connectivity index (χ4n) is 3.99. The maximum atomic E-state index is 13.4. The second kappa shape index (κ2) is 10.5. The predicted octanol–water partition coefficient (Wildman–Crippen LogP) is 6.73. The molecule has 0 aliphatic rings. The van der Waals surface area contributed by atoms with E-state index in [0.717, 1.165) is 33.4 Å². The molecule has 4 aromatic rings. The van der Waals surface area contributed by atoms with Gasteiger partial charge in [0.05, 0.1) is 5.71 Å². The van der Waals surface area contributed by atoms with Crippen LogP contribution in [-0.2, 0) is 4.79 Å². The first-order chi connectivity index (χ1) is 16.6. The smallest absolute Gasteiger partial charge is 0.267 e. The van der Waals surface area contributed by atoms with Crippen LogP contribution in [0.4, 0.5) is 5.82 Å². The van der Waals surface area contributed by atoms with Crippen LogP contribution in [0.1, 0.15) is 29.2 Å². The third-order valence-electron chi connectivity index (χ3n) is 5.55. The van der Waals surface area contributed by atoms with E-state index >= 15 is 0 Å². The molecule has 4 nitrogen and oxygen atoms in total. The van der Waals surface area contributed by atoms with E-state index in [9.17, 15) is 4.79 Å². The van der Waals surface area contributed by atoms with Crippen molar-refractivity contribution in [3.63, 3.8) is 0 Å². The van der Waals surface area contributed by atoms with Gasteiger partial charge in [0.25, 0.3) is 5.91 Å². The van der Waals surface area contributed by atoms with Gasteiger partial charge in [0.15, 0.2) is 5.82 Å². The van der Waals surface area contributed by atoms with Crippen molar-refractivity contribution in [1.29, 1.82) is 0 Å². The molecule has 0 aliphatic carbocycles. The molecular weight excluding hydrogens is 418 g/mol. The molecule has 34 heavy (non-hydrogen) atoms. The van der Waals surface area contributed by atoms with Crippen LogP contribution in [0.15, 0.2) is 114 Å². The molecule has 0 bridgehead atoms. The number of nitrogens with zero attached hydrogens (tertiary/aromatic N) is 3. The van der Waals surface area contributed by atoms with Crippen molar-refractivity contribution in [2.45, 2.75) is 20.8 Å². The molecule has 1 amide bonds. The summed E-state index contributed by atoms with van der Waals surface area (Å²) in [6.07, 6.45) is 4.93. The van der Waals surface area contributed by atoms with Gasteiger partial charge in [-0.2, -0.15) is 10.1 Å². The van der Waals surface area contributed by atoms with Gasteiger partial charge in [0.1, 0.15) is 0 Å². The van der Waals surface area contributed by atoms with Crippen molar-refractivity contribution >= 4 is 17.4 Å². The van der Waals surface area contributed by atoms with Crippen LogP contribution >= 0.6 is 0 Å². The van der Waals surface area contributed by atoms with Gasteiger partial charge in [-0.05, 0) is 49.6 Å². The maximum absolute atomic E-state index is 13.4. The van der Waals surface area contributed by atoms with E-state index < -0.39 is 0 Å². The van der Waals surface area contributed by atoms with E-state index in [0.29, 0.717) is 11.5 Å². The SMILES string of the molecule is C/C=C/C(=O)N(N=C(c1ccccc1)c1ccccc1)c1ncccc1-c1c(C)cccc1C. The zero-order valence-electron chi connectivity index (χ0n) is 19.6. The van der Waals surface area contributed by atoms with Crippen LogP contribution in [0.2, 0.25) is 0 Å². The quantitative estimate of drug-likeness (QED) is 0.188. The number of carbonyl (C=O) groups is 1. The summed E-state index contributed by atoms with van der Waals surface area (Å²) < 4.78 is 0. The number of allylic oxidation sites excluding steroid dienone is 1. The van der Waals surface area contributed by atoms with E-state index in [1.165, 1.54) is 11.1 Å². The number of hydrogen-bond donors (Lipinski definition) is 0. The van der Waals surface area contributed by atoms with Gasteiger partial charge in [0.2, 0.25) is 0 Å². The fourth-order valence-corrected chi connectivity index (χ4v) is 3.99. The number of pyridine rings is 1. The van der Waals surface area contributed by atoms with E-state index in [1.54, 1.807) is 12.3 Å². The number of hydrazone groups is 1. The Balaban J connectivity index is 1.98. The minimum absolute atomic E-state index is 0.266. The summed E-state index contributed by atoms with van der Waals surface area (Å²) in [5.41, 5.74) is 6.66. The van der Waals surface area contributed by atoms with Crippen LogP contribution in [0.3, 0.4) is 0 Å². The first kappa shape index (κ1) is 22.9. The van der Waals surface area contributed by atoms with Gasteiger partial charge < -0.3 is 0 Å². The second-order valence-corrected chi connectivity index (χ2v) is 7.97. The van der Waals surface area contributed by atoms with Crippen molar-refractivity contribution in [2.75, 3.05) is 5.01 Å². The number of rotatable bonds is 6. The van der Waals surface area contributed by atoms with E-state index in [2.05, 4.69) is 31.0 Å². The Bertz CT molecular complexity index is 1280. The first-order valence-electron chi connectivity index (χ1n) is 11.3. The summed E-state index contributed by atoms with van der Waals surface area (Å²) in [6.45, 7) is 5.96. The highest BCUT2D eigenvalue weighted by molar-refractivity contribution is 6.15. The maximum Gasteiger partial charge on any atom is 0.272 e. The third-order valence-corrected chi connectivity index (χ3v) is 5.55. The number of hydrogen-bond acceptors (Lipinski definition) is 3. The minimum atomic E-state index is -0.266. The van der Waals surface area contributed by atoms with E-state index in [-0.39, 0.29) is 5.91 Å². The summed E-state index contributed by atoms with van der Waals surface area (Å²) in [4.78, 5) is 18.0. The Hall–Kier alpha value is -4.31. The van der Waals surface area contributed by atoms with E-state index in [4.69, 9.17) is 5.10 Å². The number of amides is 1. The van der Waals surface area contributed by atoms with Crippen molar-refractivity contribution in [3.8, 4) is 11.1 Å². The average Bonchev–Trinajstić information content (AvgIpc) is 2.86. The average molecular weight is 446 g/mol. The Morgan fingerprint density at radius 1 is 0.794 bits per heavy atom. The Morgan fingerprint density at radius 3 is 1.94 bits per heavy atom. The monoisotopic (exact) mass is 445 g/mol. The number of aryl methyl sites for hydroxylation is 2. The predicted molar refractivity (Wildman–Crippen MR) is 140 cm³/mol. The molecule has 4 rings (SSSR count). The molecule has 3 aromatic carbocycles. The summed E-state index contributed by atoms with van der Waals surface area (Å²) in [7, 11) is 0. The molecule has 168 valence electrons. The number of benzene rings is 3. The molecule has 0 saturated carbocycles. The van der Waals surface area contributed by atoms with Crippen molar-refractivity contribution in [3.05, 3.63) is 132 Å². The highest BCUT2D eigenvalue weighted by Gasteiger charge is 2.22. The van der Waals surface area contributed by atoms with Gasteiger partial charge >= 0.3 is 0 Å². The summed E-state index contributed by atoms with van der Waals surface area (Å²) >= 11 is 0. The lowest BCUT2D eigenvalue weighted by molar-refractivity contribution is -0.114. The molecule has 1 aromatic heterocycles. The minimum Gasteiger partial charge on any atom is -0.267 e. The normalized spacial score (nSPS) is 10.8. The lowest BCUT2D eigenvalue weighted by Crippen LogP contribution is -2.27. The summed E-state index contributed by atoms with van der Waals surface area (Å²) in [6, 6.07) is 29.8. The van der Waals surface area contributed by atoms with Crippen molar-refractivity contribution in [1.82, 2.24) is 4.98 Å². The van der Waals surface area contributed by atoms with Crippen LogP contribution < -0.4 is 5.01 Å². The Kier molecular flexibility index (Phi) is 7.09. The molecule has 0 saturated heterocycles. The largest absolute Gasteiger partial charge is 0.272 e. The number of anilines is 1. The topological polar surface area (TPSA) is 45.6 Å². The van der Waals surface area contributed by atoms with E-state index in [1.807, 2.05) is 85.8 Å². The molecule has 1 heterocycles. The first-order valence-corrected chi connectivity index (χ1v) is 11.3.